The summed E-state index contributed by atoms with van der Waals surface area (Å²) in [7, 11) is 0. The van der Waals surface area contributed by atoms with Gasteiger partial charge in [-0.05, 0) is 44.4 Å². The molecule has 1 fully saturated rings. The summed E-state index contributed by atoms with van der Waals surface area (Å²) in [6, 6.07) is 8.66. The number of likely N-dealkylation sites (tertiary alicyclic amines) is 1. The second-order valence-corrected chi connectivity index (χ2v) is 5.04. The van der Waals surface area contributed by atoms with Gasteiger partial charge >= 0.3 is 0 Å². The Kier molecular flexibility index (Phi) is 4.61. The minimum atomic E-state index is 0.441. The molecule has 100 valence electrons. The van der Waals surface area contributed by atoms with Gasteiger partial charge in [-0.2, -0.15) is 0 Å². The third-order valence-corrected chi connectivity index (χ3v) is 3.82. The van der Waals surface area contributed by atoms with Crippen LogP contribution in [0.4, 0.5) is 5.69 Å². The molecule has 3 nitrogen and oxygen atoms in total. The van der Waals surface area contributed by atoms with Gasteiger partial charge in [0.2, 0.25) is 0 Å². The maximum absolute atomic E-state index is 5.85. The zero-order valence-electron chi connectivity index (χ0n) is 11.4. The third-order valence-electron chi connectivity index (χ3n) is 3.82. The molecule has 0 aromatic heterocycles. The van der Waals surface area contributed by atoms with Gasteiger partial charge in [-0.1, -0.05) is 12.1 Å². The van der Waals surface area contributed by atoms with E-state index in [1.54, 1.807) is 0 Å². The molecular weight excluding hydrogens is 224 g/mol. The summed E-state index contributed by atoms with van der Waals surface area (Å²) in [5.41, 5.74) is 8.01. The van der Waals surface area contributed by atoms with E-state index < -0.39 is 0 Å². The molecule has 1 saturated heterocycles. The van der Waals surface area contributed by atoms with E-state index in [2.05, 4.69) is 30.9 Å². The van der Waals surface area contributed by atoms with Crippen molar-refractivity contribution in [2.75, 3.05) is 25.4 Å². The molecule has 1 atom stereocenters. The van der Waals surface area contributed by atoms with Crippen LogP contribution in [0.15, 0.2) is 24.3 Å². The number of anilines is 1. The van der Waals surface area contributed by atoms with Crippen molar-refractivity contribution in [3.05, 3.63) is 29.8 Å². The SMILES string of the molecule is CCOC1CCN(C(C)c2cccc(N)c2)CC1. The number of nitrogens with zero attached hydrogens (tertiary/aromatic N) is 1. The topological polar surface area (TPSA) is 38.5 Å². The van der Waals surface area contributed by atoms with E-state index in [1.165, 1.54) is 5.56 Å². The summed E-state index contributed by atoms with van der Waals surface area (Å²) in [4.78, 5) is 2.52. The Labute approximate surface area is 110 Å². The van der Waals surface area contributed by atoms with Crippen molar-refractivity contribution in [2.45, 2.75) is 38.8 Å². The van der Waals surface area contributed by atoms with Crippen LogP contribution < -0.4 is 5.73 Å². The molecule has 0 bridgehead atoms. The first-order valence-corrected chi connectivity index (χ1v) is 6.91. The Balaban J connectivity index is 1.93. The Bertz CT molecular complexity index is 373. The number of benzene rings is 1. The molecule has 2 rings (SSSR count). The first-order chi connectivity index (χ1) is 8.70. The maximum Gasteiger partial charge on any atom is 0.0599 e. The third kappa shape index (κ3) is 3.24. The summed E-state index contributed by atoms with van der Waals surface area (Å²) in [5, 5.41) is 0. The highest BCUT2D eigenvalue weighted by Crippen LogP contribution is 2.26. The Morgan fingerprint density at radius 2 is 2.11 bits per heavy atom. The maximum atomic E-state index is 5.85. The van der Waals surface area contributed by atoms with Crippen LogP contribution in [0.1, 0.15) is 38.3 Å². The molecule has 1 aliphatic heterocycles. The predicted molar refractivity (Wildman–Crippen MR) is 75.5 cm³/mol. The summed E-state index contributed by atoms with van der Waals surface area (Å²) in [6.07, 6.45) is 2.74. The molecule has 1 aromatic rings. The van der Waals surface area contributed by atoms with Crippen LogP contribution in [0.2, 0.25) is 0 Å². The Morgan fingerprint density at radius 1 is 1.39 bits per heavy atom. The minimum Gasteiger partial charge on any atom is -0.399 e. The lowest BCUT2D eigenvalue weighted by atomic mass is 10.0. The van der Waals surface area contributed by atoms with Crippen LogP contribution in [0.25, 0.3) is 0 Å². The average molecular weight is 248 g/mol. The molecule has 2 N–H and O–H groups in total. The first-order valence-electron chi connectivity index (χ1n) is 6.91. The van der Waals surface area contributed by atoms with Crippen LogP contribution in [-0.2, 0) is 4.74 Å². The Hall–Kier alpha value is -1.06. The molecule has 1 heterocycles. The van der Waals surface area contributed by atoms with Gasteiger partial charge in [0.25, 0.3) is 0 Å². The minimum absolute atomic E-state index is 0.441. The van der Waals surface area contributed by atoms with Gasteiger partial charge in [0.15, 0.2) is 0 Å². The van der Waals surface area contributed by atoms with Crippen molar-refractivity contribution in [3.8, 4) is 0 Å². The normalized spacial score (nSPS) is 19.9. The van der Waals surface area contributed by atoms with Gasteiger partial charge in [-0.25, -0.2) is 0 Å². The highest BCUT2D eigenvalue weighted by atomic mass is 16.5. The fourth-order valence-corrected chi connectivity index (χ4v) is 2.70. The predicted octanol–water partition coefficient (Wildman–Crippen LogP) is 2.83. The Morgan fingerprint density at radius 3 is 2.72 bits per heavy atom. The van der Waals surface area contributed by atoms with Gasteiger partial charge in [0.05, 0.1) is 6.10 Å². The lowest BCUT2D eigenvalue weighted by Gasteiger charge is -2.36. The highest BCUT2D eigenvalue weighted by molar-refractivity contribution is 5.41. The number of hydrogen-bond acceptors (Lipinski definition) is 3. The molecule has 0 spiro atoms. The van der Waals surface area contributed by atoms with E-state index >= 15 is 0 Å². The largest absolute Gasteiger partial charge is 0.399 e. The van der Waals surface area contributed by atoms with Crippen molar-refractivity contribution >= 4 is 5.69 Å². The quantitative estimate of drug-likeness (QED) is 0.833. The second-order valence-electron chi connectivity index (χ2n) is 5.04. The van der Waals surface area contributed by atoms with Crippen molar-refractivity contribution in [1.29, 1.82) is 0 Å². The van der Waals surface area contributed by atoms with Gasteiger partial charge in [0, 0.05) is 31.4 Å². The number of nitrogens with two attached hydrogens (primary N) is 1. The number of nitrogen functional groups attached to an aromatic ring is 1. The lowest BCUT2D eigenvalue weighted by Crippen LogP contribution is -2.38. The fraction of sp³-hybridized carbons (Fsp3) is 0.600. The number of piperidine rings is 1. The van der Waals surface area contributed by atoms with Gasteiger partial charge in [0.1, 0.15) is 0 Å². The zero-order chi connectivity index (χ0) is 13.0. The van der Waals surface area contributed by atoms with Crippen LogP contribution in [-0.4, -0.2) is 30.7 Å². The molecule has 1 aliphatic rings. The second kappa shape index (κ2) is 6.21. The van der Waals surface area contributed by atoms with E-state index in [9.17, 15) is 0 Å². The summed E-state index contributed by atoms with van der Waals surface area (Å²) >= 11 is 0. The monoisotopic (exact) mass is 248 g/mol. The number of hydrogen-bond donors (Lipinski definition) is 1. The van der Waals surface area contributed by atoms with Crippen molar-refractivity contribution in [2.24, 2.45) is 0 Å². The van der Waals surface area contributed by atoms with E-state index in [-0.39, 0.29) is 0 Å². The van der Waals surface area contributed by atoms with E-state index in [4.69, 9.17) is 10.5 Å². The smallest absolute Gasteiger partial charge is 0.0599 e. The highest BCUT2D eigenvalue weighted by Gasteiger charge is 2.23. The molecule has 0 radical (unpaired) electrons. The zero-order valence-corrected chi connectivity index (χ0v) is 11.4. The summed E-state index contributed by atoms with van der Waals surface area (Å²) in [6.45, 7) is 7.38. The van der Waals surface area contributed by atoms with E-state index in [0.29, 0.717) is 12.1 Å². The molecule has 0 amide bonds. The molecule has 1 unspecified atom stereocenters. The number of rotatable bonds is 4. The average Bonchev–Trinajstić information content (AvgIpc) is 2.39. The molecule has 18 heavy (non-hydrogen) atoms. The van der Waals surface area contributed by atoms with Crippen molar-refractivity contribution in [1.82, 2.24) is 4.90 Å². The van der Waals surface area contributed by atoms with Crippen LogP contribution in [0, 0.1) is 0 Å². The van der Waals surface area contributed by atoms with Gasteiger partial charge < -0.3 is 10.5 Å². The molecular formula is C15H24N2O. The summed E-state index contributed by atoms with van der Waals surface area (Å²) in [5.74, 6) is 0. The van der Waals surface area contributed by atoms with Gasteiger partial charge in [-0.3, -0.25) is 4.90 Å². The lowest BCUT2D eigenvalue weighted by molar-refractivity contribution is 0.00556. The van der Waals surface area contributed by atoms with E-state index in [0.717, 1.165) is 38.2 Å². The molecule has 3 heteroatoms. The number of ether oxygens (including phenoxy) is 1. The molecule has 0 aliphatic carbocycles. The van der Waals surface area contributed by atoms with Crippen molar-refractivity contribution in [3.63, 3.8) is 0 Å². The van der Waals surface area contributed by atoms with Gasteiger partial charge in [-0.15, -0.1) is 0 Å². The molecule has 1 aromatic carbocycles. The first kappa shape index (κ1) is 13.4. The van der Waals surface area contributed by atoms with Crippen LogP contribution in [0.5, 0.6) is 0 Å². The standard InChI is InChI=1S/C15H24N2O/c1-3-18-15-7-9-17(10-8-15)12(2)13-5-4-6-14(16)11-13/h4-6,11-12,15H,3,7-10,16H2,1-2H3. The fourth-order valence-electron chi connectivity index (χ4n) is 2.70. The van der Waals surface area contributed by atoms with Crippen LogP contribution in [0.3, 0.4) is 0 Å². The van der Waals surface area contributed by atoms with E-state index in [1.807, 2.05) is 12.1 Å². The van der Waals surface area contributed by atoms with Crippen molar-refractivity contribution < 1.29 is 4.74 Å². The molecule has 0 saturated carbocycles. The summed E-state index contributed by atoms with van der Waals surface area (Å²) < 4.78 is 5.69. The van der Waals surface area contributed by atoms with Crippen LogP contribution >= 0.6 is 0 Å².